The lowest BCUT2D eigenvalue weighted by molar-refractivity contribution is -0.114. The highest BCUT2D eigenvalue weighted by atomic mass is 16.5. The Morgan fingerprint density at radius 3 is 2.40 bits per heavy atom. The number of hydrogen-bond acceptors (Lipinski definition) is 7. The van der Waals surface area contributed by atoms with Gasteiger partial charge in [0.15, 0.2) is 17.3 Å². The lowest BCUT2D eigenvalue weighted by Crippen LogP contribution is -2.23. The molecule has 0 atom stereocenters. The minimum Gasteiger partial charge on any atom is -0.506 e. The van der Waals surface area contributed by atoms with Gasteiger partial charge in [-0.05, 0) is 24.6 Å². The normalized spacial score (nSPS) is 14.0. The van der Waals surface area contributed by atoms with Crippen LogP contribution in [-0.4, -0.2) is 41.8 Å². The first-order valence-electron chi connectivity index (χ1n) is 7.58. The van der Waals surface area contributed by atoms with Gasteiger partial charge in [-0.25, -0.2) is 0 Å². The van der Waals surface area contributed by atoms with E-state index in [1.165, 1.54) is 20.3 Å². The number of ether oxygens (including phenoxy) is 2. The number of ketones is 3. The van der Waals surface area contributed by atoms with Crippen LogP contribution in [0.15, 0.2) is 23.8 Å². The fraction of sp³-hybridized carbons (Fsp3) is 0.278. The fourth-order valence-corrected chi connectivity index (χ4v) is 2.54. The largest absolute Gasteiger partial charge is 0.506 e. The lowest BCUT2D eigenvalue weighted by atomic mass is 9.87. The van der Waals surface area contributed by atoms with Crippen molar-refractivity contribution in [3.05, 3.63) is 34.9 Å². The van der Waals surface area contributed by atoms with Gasteiger partial charge in [0.25, 0.3) is 0 Å². The maximum atomic E-state index is 12.3. The van der Waals surface area contributed by atoms with Gasteiger partial charge in [-0.3, -0.25) is 14.4 Å². The molecule has 0 aromatic heterocycles. The van der Waals surface area contributed by atoms with Gasteiger partial charge in [-0.15, -0.1) is 0 Å². The van der Waals surface area contributed by atoms with Crippen LogP contribution < -0.4 is 9.47 Å². The van der Waals surface area contributed by atoms with Gasteiger partial charge >= 0.3 is 0 Å². The van der Waals surface area contributed by atoms with E-state index in [1.807, 2.05) is 6.92 Å². The number of benzene rings is 1. The van der Waals surface area contributed by atoms with Crippen LogP contribution in [0, 0.1) is 0 Å². The number of Topliss-reactive ketones (excluding diaryl/α,β-unsaturated/α-hetero) is 2. The predicted molar refractivity (Wildman–Crippen MR) is 89.2 cm³/mol. The number of aromatic hydroxyl groups is 1. The minimum atomic E-state index is -0.975. The second-order valence-electron chi connectivity index (χ2n) is 5.35. The number of carbonyl (C=O) groups excluding carboxylic acids is 3. The van der Waals surface area contributed by atoms with Crippen molar-refractivity contribution >= 4 is 23.1 Å². The number of hydrogen-bond donors (Lipinski definition) is 2. The molecule has 0 amide bonds. The van der Waals surface area contributed by atoms with E-state index >= 15 is 0 Å². The van der Waals surface area contributed by atoms with Crippen molar-refractivity contribution in [1.29, 1.82) is 0 Å². The fourth-order valence-electron chi connectivity index (χ4n) is 2.54. The monoisotopic (exact) mass is 346 g/mol. The first-order chi connectivity index (χ1) is 11.9. The van der Waals surface area contributed by atoms with Crippen molar-refractivity contribution in [2.24, 2.45) is 0 Å². The van der Waals surface area contributed by atoms with Gasteiger partial charge in [0.2, 0.25) is 17.3 Å². The molecule has 0 fully saturated rings. The summed E-state index contributed by atoms with van der Waals surface area (Å²) in [5.74, 6) is -3.31. The topological polar surface area (TPSA) is 110 Å². The molecular weight excluding hydrogens is 328 g/mol. The van der Waals surface area contributed by atoms with Gasteiger partial charge < -0.3 is 19.7 Å². The van der Waals surface area contributed by atoms with Crippen LogP contribution in [0.2, 0.25) is 0 Å². The molecule has 1 aliphatic carbocycles. The van der Waals surface area contributed by atoms with E-state index in [2.05, 4.69) is 0 Å². The van der Waals surface area contributed by atoms with E-state index in [4.69, 9.17) is 9.47 Å². The smallest absolute Gasteiger partial charge is 0.237 e. The van der Waals surface area contributed by atoms with Crippen LogP contribution in [0.5, 0.6) is 17.2 Å². The van der Waals surface area contributed by atoms with Crippen molar-refractivity contribution in [2.45, 2.75) is 19.8 Å². The molecule has 0 saturated heterocycles. The highest BCUT2D eigenvalue weighted by molar-refractivity contribution is 6.53. The number of carbonyl (C=O) groups is 3. The summed E-state index contributed by atoms with van der Waals surface area (Å²) < 4.78 is 10.1. The standard InChI is InChI=1S/C18H18O7/c1-4-5-9(19)6-7-10-14(20)13-11(16(22)15(10)21)8-12(24-2)18(25-3)17(13)23/h6-8,20,23H,4-5H2,1-3H3/b7-6+. The number of aliphatic hydroxyl groups is 1. The predicted octanol–water partition coefficient (Wildman–Crippen LogP) is 2.37. The maximum absolute atomic E-state index is 12.3. The Morgan fingerprint density at radius 1 is 1.16 bits per heavy atom. The van der Waals surface area contributed by atoms with Crippen molar-refractivity contribution < 1.29 is 34.1 Å². The minimum absolute atomic E-state index is 0.0461. The molecule has 1 aliphatic rings. The summed E-state index contributed by atoms with van der Waals surface area (Å²) in [7, 11) is 2.59. The molecule has 2 N–H and O–H groups in total. The zero-order valence-electron chi connectivity index (χ0n) is 14.1. The van der Waals surface area contributed by atoms with Crippen molar-refractivity contribution in [3.8, 4) is 17.2 Å². The van der Waals surface area contributed by atoms with E-state index in [0.29, 0.717) is 6.42 Å². The molecular formula is C18H18O7. The van der Waals surface area contributed by atoms with Gasteiger partial charge in [0.1, 0.15) is 5.76 Å². The van der Waals surface area contributed by atoms with E-state index in [-0.39, 0.29) is 40.4 Å². The van der Waals surface area contributed by atoms with E-state index in [0.717, 1.165) is 12.2 Å². The van der Waals surface area contributed by atoms with E-state index in [9.17, 15) is 24.6 Å². The van der Waals surface area contributed by atoms with Gasteiger partial charge in [0, 0.05) is 12.0 Å². The molecule has 7 heteroatoms. The van der Waals surface area contributed by atoms with Crippen molar-refractivity contribution in [1.82, 2.24) is 0 Å². The summed E-state index contributed by atoms with van der Waals surface area (Å²) in [6.45, 7) is 1.83. The first-order valence-corrected chi connectivity index (χ1v) is 7.58. The second-order valence-corrected chi connectivity index (χ2v) is 5.35. The molecule has 0 saturated carbocycles. The number of phenols is 1. The van der Waals surface area contributed by atoms with Crippen LogP contribution in [0.1, 0.15) is 35.7 Å². The maximum Gasteiger partial charge on any atom is 0.237 e. The summed E-state index contributed by atoms with van der Waals surface area (Å²) in [6.07, 6.45) is 3.12. The third-order valence-corrected chi connectivity index (χ3v) is 3.76. The summed E-state index contributed by atoms with van der Waals surface area (Å²) in [6, 6.07) is 1.22. The molecule has 7 nitrogen and oxygen atoms in total. The summed E-state index contributed by atoms with van der Waals surface area (Å²) in [5.41, 5.74) is -0.788. The summed E-state index contributed by atoms with van der Waals surface area (Å²) >= 11 is 0. The lowest BCUT2D eigenvalue weighted by Gasteiger charge is -2.20. The van der Waals surface area contributed by atoms with Crippen LogP contribution in [0.4, 0.5) is 0 Å². The van der Waals surface area contributed by atoms with Gasteiger partial charge in [-0.1, -0.05) is 6.92 Å². The molecule has 0 spiro atoms. The number of rotatable bonds is 6. The first kappa shape index (κ1) is 18.3. The Labute approximate surface area is 144 Å². The van der Waals surface area contributed by atoms with Gasteiger partial charge in [-0.2, -0.15) is 0 Å². The highest BCUT2D eigenvalue weighted by Gasteiger charge is 2.36. The van der Waals surface area contributed by atoms with Crippen LogP contribution in [0.25, 0.3) is 5.76 Å². The highest BCUT2D eigenvalue weighted by Crippen LogP contribution is 2.46. The zero-order valence-corrected chi connectivity index (χ0v) is 14.1. The third-order valence-electron chi connectivity index (χ3n) is 3.76. The van der Waals surface area contributed by atoms with Crippen LogP contribution >= 0.6 is 0 Å². The quantitative estimate of drug-likeness (QED) is 0.601. The summed E-state index contributed by atoms with van der Waals surface area (Å²) in [4.78, 5) is 36.2. The Hall–Kier alpha value is -3.09. The zero-order chi connectivity index (χ0) is 18.7. The molecule has 0 bridgehead atoms. The molecule has 1 aromatic carbocycles. The number of phenolic OH excluding ortho intramolecular Hbond substituents is 1. The Morgan fingerprint density at radius 2 is 1.84 bits per heavy atom. The van der Waals surface area contributed by atoms with Crippen molar-refractivity contribution in [2.75, 3.05) is 14.2 Å². The molecule has 0 radical (unpaired) electrons. The molecule has 1 aromatic rings. The molecule has 0 heterocycles. The SMILES string of the molecule is CCCC(=O)/C=C/C1=C(O)c2c(cc(OC)c(OC)c2O)C(=O)C1=O. The molecule has 25 heavy (non-hydrogen) atoms. The second kappa shape index (κ2) is 7.21. The summed E-state index contributed by atoms with van der Waals surface area (Å²) in [5, 5.41) is 20.8. The van der Waals surface area contributed by atoms with E-state index in [1.54, 1.807) is 0 Å². The van der Waals surface area contributed by atoms with Crippen LogP contribution in [-0.2, 0) is 9.59 Å². The molecule has 2 rings (SSSR count). The molecule has 0 unspecified atom stereocenters. The van der Waals surface area contributed by atoms with Crippen molar-refractivity contribution in [3.63, 3.8) is 0 Å². The third kappa shape index (κ3) is 3.13. The number of methoxy groups -OCH3 is 2. The number of fused-ring (bicyclic) bond motifs is 1. The number of allylic oxidation sites excluding steroid dienone is 3. The molecule has 0 aliphatic heterocycles. The average molecular weight is 346 g/mol. The van der Waals surface area contributed by atoms with E-state index < -0.39 is 23.1 Å². The Bertz CT molecular complexity index is 815. The van der Waals surface area contributed by atoms with Crippen LogP contribution in [0.3, 0.4) is 0 Å². The van der Waals surface area contributed by atoms with Gasteiger partial charge in [0.05, 0.1) is 25.4 Å². The molecule has 132 valence electrons. The number of aliphatic hydroxyl groups excluding tert-OH is 1. The Balaban J connectivity index is 2.67. The average Bonchev–Trinajstić information content (AvgIpc) is 2.59. The Kier molecular flexibility index (Phi) is 5.26.